The fourth-order valence-corrected chi connectivity index (χ4v) is 3.54. The number of carbonyl (C=O) groups is 1. The molecule has 0 radical (unpaired) electrons. The van der Waals surface area contributed by atoms with E-state index in [0.717, 1.165) is 48.5 Å². The van der Waals surface area contributed by atoms with Gasteiger partial charge in [-0.25, -0.2) is 10.3 Å². The number of rotatable bonds is 16. The number of amides is 1. The molecule has 2 rings (SSSR count). The third-order valence-corrected chi connectivity index (χ3v) is 6.09. The molecule has 0 heterocycles. The highest BCUT2D eigenvalue weighted by atomic mass is 16.8. The quantitative estimate of drug-likeness (QED) is 0.195. The molecule has 7 nitrogen and oxygen atoms in total. The SMILES string of the molecule is CCN(CC)CCOc1ccc(-c2ccc([C@H](O)CCCCC(=O)NOC(C)(C)OC)cc2)cc1. The van der Waals surface area contributed by atoms with Gasteiger partial charge in [-0.05, 0) is 68.6 Å². The van der Waals surface area contributed by atoms with Crippen LogP contribution in [0.25, 0.3) is 11.1 Å². The second-order valence-corrected chi connectivity index (χ2v) is 9.01. The number of hydrogen-bond acceptors (Lipinski definition) is 6. The van der Waals surface area contributed by atoms with Crippen molar-refractivity contribution in [3.63, 3.8) is 0 Å². The maximum atomic E-state index is 11.9. The van der Waals surface area contributed by atoms with Crippen LogP contribution in [0.3, 0.4) is 0 Å². The summed E-state index contributed by atoms with van der Waals surface area (Å²) < 4.78 is 11.0. The smallest absolute Gasteiger partial charge is 0.243 e. The number of hydroxylamine groups is 1. The first kappa shape index (κ1) is 28.8. The van der Waals surface area contributed by atoms with E-state index in [4.69, 9.17) is 14.3 Å². The van der Waals surface area contributed by atoms with Gasteiger partial charge in [0.2, 0.25) is 5.91 Å². The third kappa shape index (κ3) is 10.4. The van der Waals surface area contributed by atoms with Crippen LogP contribution in [0.4, 0.5) is 0 Å². The Morgan fingerprint density at radius 2 is 1.60 bits per heavy atom. The summed E-state index contributed by atoms with van der Waals surface area (Å²) in [5.74, 6) is -0.191. The van der Waals surface area contributed by atoms with Crippen molar-refractivity contribution in [3.8, 4) is 16.9 Å². The summed E-state index contributed by atoms with van der Waals surface area (Å²) in [4.78, 5) is 19.4. The van der Waals surface area contributed by atoms with Gasteiger partial charge in [0.1, 0.15) is 12.4 Å². The van der Waals surface area contributed by atoms with Gasteiger partial charge in [0.15, 0.2) is 5.79 Å². The van der Waals surface area contributed by atoms with Gasteiger partial charge >= 0.3 is 0 Å². The largest absolute Gasteiger partial charge is 0.492 e. The number of benzene rings is 2. The van der Waals surface area contributed by atoms with E-state index in [0.29, 0.717) is 25.9 Å². The topological polar surface area (TPSA) is 80.3 Å². The number of unbranched alkanes of at least 4 members (excludes halogenated alkanes) is 1. The highest BCUT2D eigenvalue weighted by Crippen LogP contribution is 2.26. The van der Waals surface area contributed by atoms with E-state index in [9.17, 15) is 9.90 Å². The minimum Gasteiger partial charge on any atom is -0.492 e. The predicted molar refractivity (Wildman–Crippen MR) is 139 cm³/mol. The Labute approximate surface area is 210 Å². The Bertz CT molecular complexity index is 864. The van der Waals surface area contributed by atoms with Crippen molar-refractivity contribution in [2.24, 2.45) is 0 Å². The lowest BCUT2D eigenvalue weighted by Crippen LogP contribution is -2.37. The van der Waals surface area contributed by atoms with Crippen molar-refractivity contribution in [1.82, 2.24) is 10.4 Å². The fraction of sp³-hybridized carbons (Fsp3) is 0.536. The van der Waals surface area contributed by atoms with Gasteiger partial charge < -0.3 is 19.5 Å². The summed E-state index contributed by atoms with van der Waals surface area (Å²) in [5, 5.41) is 10.5. The maximum Gasteiger partial charge on any atom is 0.243 e. The van der Waals surface area contributed by atoms with Crippen molar-refractivity contribution in [3.05, 3.63) is 54.1 Å². The first-order valence-electron chi connectivity index (χ1n) is 12.5. The number of hydrogen-bond donors (Lipinski definition) is 2. The molecule has 0 fully saturated rings. The number of nitrogens with zero attached hydrogens (tertiary/aromatic N) is 1. The summed E-state index contributed by atoms with van der Waals surface area (Å²) >= 11 is 0. The molecule has 0 unspecified atom stereocenters. The van der Waals surface area contributed by atoms with Crippen LogP contribution < -0.4 is 10.2 Å². The van der Waals surface area contributed by atoms with Crippen molar-refractivity contribution >= 4 is 5.91 Å². The number of methoxy groups -OCH3 is 1. The monoisotopic (exact) mass is 486 g/mol. The number of likely N-dealkylation sites (N-methyl/N-ethyl adjacent to an activating group) is 1. The molecule has 0 bridgehead atoms. The Hall–Kier alpha value is -2.45. The molecule has 0 aliphatic heterocycles. The van der Waals surface area contributed by atoms with Crippen molar-refractivity contribution in [2.45, 2.75) is 65.3 Å². The van der Waals surface area contributed by atoms with Crippen molar-refractivity contribution in [2.75, 3.05) is 33.4 Å². The van der Waals surface area contributed by atoms with Gasteiger partial charge in [-0.1, -0.05) is 56.7 Å². The average Bonchev–Trinajstić information content (AvgIpc) is 2.88. The zero-order valence-electron chi connectivity index (χ0n) is 21.9. The molecular weight excluding hydrogens is 444 g/mol. The van der Waals surface area contributed by atoms with Gasteiger partial charge in [0.05, 0.1) is 6.10 Å². The summed E-state index contributed by atoms with van der Waals surface area (Å²) in [5.41, 5.74) is 5.47. The molecule has 0 aliphatic rings. The van der Waals surface area contributed by atoms with Gasteiger partial charge in [-0.2, -0.15) is 0 Å². The maximum absolute atomic E-state index is 11.9. The third-order valence-electron chi connectivity index (χ3n) is 6.09. The first-order valence-corrected chi connectivity index (χ1v) is 12.5. The Morgan fingerprint density at radius 3 is 2.17 bits per heavy atom. The van der Waals surface area contributed by atoms with Gasteiger partial charge in [0, 0.05) is 20.1 Å². The zero-order valence-corrected chi connectivity index (χ0v) is 21.9. The lowest BCUT2D eigenvalue weighted by molar-refractivity contribution is -0.231. The molecule has 0 saturated heterocycles. The molecule has 0 aliphatic carbocycles. The molecule has 2 N–H and O–H groups in total. The van der Waals surface area contributed by atoms with E-state index in [2.05, 4.69) is 36.4 Å². The molecule has 2 aromatic carbocycles. The zero-order chi connectivity index (χ0) is 25.7. The van der Waals surface area contributed by atoms with E-state index in [1.165, 1.54) is 7.11 Å². The Morgan fingerprint density at radius 1 is 1.00 bits per heavy atom. The van der Waals surface area contributed by atoms with Crippen LogP contribution in [0, 0.1) is 0 Å². The van der Waals surface area contributed by atoms with Gasteiger partial charge in [-0.3, -0.25) is 4.79 Å². The minimum atomic E-state index is -0.862. The minimum absolute atomic E-state index is 0.200. The molecule has 1 atom stereocenters. The van der Waals surface area contributed by atoms with E-state index < -0.39 is 11.9 Å². The molecule has 7 heteroatoms. The van der Waals surface area contributed by atoms with Gasteiger partial charge in [0.25, 0.3) is 0 Å². The van der Waals surface area contributed by atoms with Crippen LogP contribution in [0.5, 0.6) is 5.75 Å². The Kier molecular flexibility index (Phi) is 12.2. The summed E-state index contributed by atoms with van der Waals surface area (Å²) in [6.07, 6.45) is 1.77. The van der Waals surface area contributed by atoms with Crippen LogP contribution in [0.15, 0.2) is 48.5 Å². The van der Waals surface area contributed by atoms with Crippen LogP contribution in [-0.4, -0.2) is 55.1 Å². The highest BCUT2D eigenvalue weighted by Gasteiger charge is 2.18. The van der Waals surface area contributed by atoms with Crippen LogP contribution in [0.1, 0.15) is 65.0 Å². The lowest BCUT2D eigenvalue weighted by Gasteiger charge is -2.22. The lowest BCUT2D eigenvalue weighted by atomic mass is 9.99. The second-order valence-electron chi connectivity index (χ2n) is 9.01. The standard InChI is InChI=1S/C28H42N2O5/c1-6-30(7-2)20-21-34-25-18-16-23(17-19-25)22-12-14-24(15-13-22)26(31)10-8-9-11-27(32)29-35-28(3,4)33-5/h12-19,26,31H,6-11,20-21H2,1-5H3,(H,29,32)/t26-/m1/s1. The van der Waals surface area contributed by atoms with Crippen molar-refractivity contribution in [1.29, 1.82) is 0 Å². The average molecular weight is 487 g/mol. The predicted octanol–water partition coefficient (Wildman–Crippen LogP) is 5.10. The molecule has 0 aromatic heterocycles. The van der Waals surface area contributed by atoms with Crippen LogP contribution in [-0.2, 0) is 14.4 Å². The number of aliphatic hydroxyl groups is 1. The van der Waals surface area contributed by atoms with Crippen molar-refractivity contribution < 1.29 is 24.2 Å². The number of aliphatic hydroxyl groups excluding tert-OH is 1. The number of ether oxygens (including phenoxy) is 2. The van der Waals surface area contributed by atoms with Gasteiger partial charge in [-0.15, -0.1) is 0 Å². The molecule has 2 aromatic rings. The first-order chi connectivity index (χ1) is 16.8. The second kappa shape index (κ2) is 14.8. The van der Waals surface area contributed by atoms with E-state index in [1.807, 2.05) is 36.4 Å². The van der Waals surface area contributed by atoms with E-state index in [-0.39, 0.29) is 5.91 Å². The normalized spacial score (nSPS) is 12.5. The van der Waals surface area contributed by atoms with E-state index in [1.54, 1.807) is 13.8 Å². The molecule has 194 valence electrons. The summed E-state index contributed by atoms with van der Waals surface area (Å²) in [6.45, 7) is 11.4. The molecule has 0 spiro atoms. The molecule has 1 amide bonds. The highest BCUT2D eigenvalue weighted by molar-refractivity contribution is 5.74. The molecule has 35 heavy (non-hydrogen) atoms. The Balaban J connectivity index is 1.74. The molecular formula is C28H42N2O5. The molecule has 0 saturated carbocycles. The summed E-state index contributed by atoms with van der Waals surface area (Å²) in [7, 11) is 1.51. The van der Waals surface area contributed by atoms with Crippen LogP contribution in [0.2, 0.25) is 0 Å². The fourth-order valence-electron chi connectivity index (χ4n) is 3.54. The summed E-state index contributed by atoms with van der Waals surface area (Å²) in [6, 6.07) is 16.1. The van der Waals surface area contributed by atoms with Crippen LogP contribution >= 0.6 is 0 Å². The van der Waals surface area contributed by atoms with E-state index >= 15 is 0 Å². The number of carbonyl (C=O) groups excluding carboxylic acids is 1. The number of nitrogens with one attached hydrogen (secondary N) is 1.